The lowest BCUT2D eigenvalue weighted by atomic mass is 9.91. The van der Waals surface area contributed by atoms with Crippen molar-refractivity contribution >= 4 is 0 Å². The Bertz CT molecular complexity index is 276. The van der Waals surface area contributed by atoms with E-state index >= 15 is 0 Å². The largest absolute Gasteiger partial charge is 0.493 e. The molecule has 0 amide bonds. The van der Waals surface area contributed by atoms with Crippen LogP contribution in [0.4, 0.5) is 0 Å². The van der Waals surface area contributed by atoms with Gasteiger partial charge in [-0.15, -0.1) is 0 Å². The summed E-state index contributed by atoms with van der Waals surface area (Å²) in [4.78, 5) is 2.49. The molecule has 16 heavy (non-hydrogen) atoms. The average Bonchev–Trinajstić information content (AvgIpc) is 2.76. The van der Waals surface area contributed by atoms with Gasteiger partial charge in [-0.2, -0.15) is 0 Å². The van der Waals surface area contributed by atoms with Crippen LogP contribution in [0.5, 0.6) is 0 Å². The van der Waals surface area contributed by atoms with Crippen LogP contribution in [0.2, 0.25) is 0 Å². The van der Waals surface area contributed by atoms with E-state index in [2.05, 4.69) is 37.0 Å². The fourth-order valence-corrected chi connectivity index (χ4v) is 2.28. The zero-order valence-electron chi connectivity index (χ0n) is 10.5. The van der Waals surface area contributed by atoms with Crippen LogP contribution in [-0.2, 0) is 4.74 Å². The van der Waals surface area contributed by atoms with Gasteiger partial charge < -0.3 is 4.74 Å². The van der Waals surface area contributed by atoms with Crippen LogP contribution in [0.25, 0.3) is 0 Å². The minimum Gasteiger partial charge on any atom is -0.493 e. The number of likely N-dealkylation sites (tertiary alicyclic amines) is 1. The maximum atomic E-state index is 5.80. The fraction of sp³-hybridized carbons (Fsp3) is 0.714. The molecule has 0 aromatic carbocycles. The number of nitrogens with zero attached hydrogens (tertiary/aromatic N) is 1. The summed E-state index contributed by atoms with van der Waals surface area (Å²) in [5, 5.41) is 0. The number of rotatable bonds is 4. The van der Waals surface area contributed by atoms with Crippen molar-refractivity contribution < 1.29 is 4.74 Å². The summed E-state index contributed by atoms with van der Waals surface area (Å²) in [6, 6.07) is 0. The predicted octanol–water partition coefficient (Wildman–Crippen LogP) is 2.82. The first kappa shape index (κ1) is 11.7. The van der Waals surface area contributed by atoms with Crippen LogP contribution >= 0.6 is 0 Å². The molecule has 1 fully saturated rings. The first-order valence-electron chi connectivity index (χ1n) is 6.51. The molecule has 90 valence electrons. The molecule has 0 N–H and O–H groups in total. The molecular weight excluding hydrogens is 198 g/mol. The fourth-order valence-electron chi connectivity index (χ4n) is 2.28. The number of ether oxygens (including phenoxy) is 1. The molecule has 1 unspecified atom stereocenters. The van der Waals surface area contributed by atoms with E-state index in [0.29, 0.717) is 11.8 Å². The van der Waals surface area contributed by atoms with E-state index in [1.54, 1.807) is 0 Å². The van der Waals surface area contributed by atoms with E-state index in [-0.39, 0.29) is 0 Å². The van der Waals surface area contributed by atoms with Crippen LogP contribution < -0.4 is 0 Å². The third-order valence-corrected chi connectivity index (χ3v) is 3.70. The third-order valence-electron chi connectivity index (χ3n) is 3.70. The van der Waals surface area contributed by atoms with Gasteiger partial charge in [-0.25, -0.2) is 0 Å². The molecular formula is C14H23NO. The zero-order chi connectivity index (χ0) is 11.4. The zero-order valence-corrected chi connectivity index (χ0v) is 10.5. The second-order valence-corrected chi connectivity index (χ2v) is 5.04. The van der Waals surface area contributed by atoms with Gasteiger partial charge in [0.05, 0.1) is 0 Å². The molecule has 2 rings (SSSR count). The highest BCUT2D eigenvalue weighted by Gasteiger charge is 2.14. The normalized spacial score (nSPS) is 30.5. The molecule has 0 bridgehead atoms. The maximum absolute atomic E-state index is 5.80. The van der Waals surface area contributed by atoms with E-state index in [9.17, 15) is 0 Å². The van der Waals surface area contributed by atoms with Crippen LogP contribution in [0, 0.1) is 11.8 Å². The third kappa shape index (κ3) is 3.11. The minimum atomic E-state index is 0.604. The number of hydrogen-bond acceptors (Lipinski definition) is 2. The molecule has 2 aliphatic rings. The monoisotopic (exact) mass is 221 g/mol. The molecule has 0 aromatic rings. The lowest BCUT2D eigenvalue weighted by Crippen LogP contribution is -2.24. The summed E-state index contributed by atoms with van der Waals surface area (Å²) in [5.41, 5.74) is 0. The Hall–Kier alpha value is -0.760. The molecule has 1 heterocycles. The van der Waals surface area contributed by atoms with Gasteiger partial charge in [-0.05, 0) is 49.9 Å². The van der Waals surface area contributed by atoms with Crippen molar-refractivity contribution in [1.29, 1.82) is 0 Å². The smallest absolute Gasteiger partial charge is 0.115 e. The average molecular weight is 221 g/mol. The Kier molecular flexibility index (Phi) is 4.05. The summed E-state index contributed by atoms with van der Waals surface area (Å²) in [6.07, 6.45) is 9.33. The van der Waals surface area contributed by atoms with Gasteiger partial charge in [-0.1, -0.05) is 19.9 Å². The molecule has 2 atom stereocenters. The van der Waals surface area contributed by atoms with Gasteiger partial charge in [0, 0.05) is 6.54 Å². The van der Waals surface area contributed by atoms with E-state index in [1.807, 2.05) is 0 Å². The van der Waals surface area contributed by atoms with Crippen molar-refractivity contribution in [3.8, 4) is 0 Å². The summed E-state index contributed by atoms with van der Waals surface area (Å²) in [7, 11) is 0. The summed E-state index contributed by atoms with van der Waals surface area (Å²) >= 11 is 0. The van der Waals surface area contributed by atoms with E-state index in [1.165, 1.54) is 25.9 Å². The molecule has 2 nitrogen and oxygen atoms in total. The number of allylic oxidation sites excluding steroid dienone is 3. The SMILES string of the molecule is CC1C=C(OCCN2CCCC2)C=C[C@@H]1C. The molecule has 0 aromatic heterocycles. The van der Waals surface area contributed by atoms with Crippen LogP contribution in [0.3, 0.4) is 0 Å². The van der Waals surface area contributed by atoms with Crippen molar-refractivity contribution in [3.63, 3.8) is 0 Å². The lowest BCUT2D eigenvalue weighted by Gasteiger charge is -2.20. The molecule has 0 spiro atoms. The molecule has 1 aliphatic carbocycles. The molecule has 1 saturated heterocycles. The second kappa shape index (κ2) is 5.53. The van der Waals surface area contributed by atoms with Gasteiger partial charge >= 0.3 is 0 Å². The highest BCUT2D eigenvalue weighted by molar-refractivity contribution is 5.19. The minimum absolute atomic E-state index is 0.604. The maximum Gasteiger partial charge on any atom is 0.115 e. The van der Waals surface area contributed by atoms with E-state index in [0.717, 1.165) is 18.9 Å². The molecule has 1 aliphatic heterocycles. The number of hydrogen-bond donors (Lipinski definition) is 0. The quantitative estimate of drug-likeness (QED) is 0.724. The van der Waals surface area contributed by atoms with E-state index in [4.69, 9.17) is 4.74 Å². The Labute approximate surface area is 99.0 Å². The standard InChI is InChI=1S/C14H23NO/c1-12-5-6-14(11-13(12)2)16-10-9-15-7-3-4-8-15/h5-6,11-13H,3-4,7-10H2,1-2H3/t12-,13?/m0/s1. The van der Waals surface area contributed by atoms with Crippen LogP contribution in [0.1, 0.15) is 26.7 Å². The van der Waals surface area contributed by atoms with Crippen molar-refractivity contribution in [2.45, 2.75) is 26.7 Å². The predicted molar refractivity (Wildman–Crippen MR) is 67.2 cm³/mol. The van der Waals surface area contributed by atoms with Gasteiger partial charge in [0.25, 0.3) is 0 Å². The first-order valence-corrected chi connectivity index (χ1v) is 6.51. The molecule has 2 heteroatoms. The van der Waals surface area contributed by atoms with Crippen molar-refractivity contribution in [1.82, 2.24) is 4.90 Å². The Morgan fingerprint density at radius 2 is 2.00 bits per heavy atom. The first-order chi connectivity index (χ1) is 7.75. The highest BCUT2D eigenvalue weighted by atomic mass is 16.5. The van der Waals surface area contributed by atoms with Gasteiger partial charge in [-0.3, -0.25) is 4.90 Å². The summed E-state index contributed by atoms with van der Waals surface area (Å²) in [6.45, 7) is 8.92. The van der Waals surface area contributed by atoms with Gasteiger partial charge in [0.2, 0.25) is 0 Å². The van der Waals surface area contributed by atoms with Gasteiger partial charge in [0.1, 0.15) is 12.4 Å². The van der Waals surface area contributed by atoms with Gasteiger partial charge in [0.15, 0.2) is 0 Å². The van der Waals surface area contributed by atoms with Crippen LogP contribution in [-0.4, -0.2) is 31.1 Å². The molecule has 0 radical (unpaired) electrons. The summed E-state index contributed by atoms with van der Waals surface area (Å²) in [5.74, 6) is 2.31. The van der Waals surface area contributed by atoms with Crippen molar-refractivity contribution in [2.75, 3.05) is 26.2 Å². The highest BCUT2D eigenvalue weighted by Crippen LogP contribution is 2.22. The Morgan fingerprint density at radius 3 is 2.69 bits per heavy atom. The van der Waals surface area contributed by atoms with E-state index < -0.39 is 0 Å². The Balaban J connectivity index is 1.70. The Morgan fingerprint density at radius 1 is 1.25 bits per heavy atom. The topological polar surface area (TPSA) is 12.5 Å². The lowest BCUT2D eigenvalue weighted by molar-refractivity contribution is 0.176. The van der Waals surface area contributed by atoms with Crippen LogP contribution in [0.15, 0.2) is 24.0 Å². The van der Waals surface area contributed by atoms with Crippen molar-refractivity contribution in [3.05, 3.63) is 24.0 Å². The molecule has 0 saturated carbocycles. The summed E-state index contributed by atoms with van der Waals surface area (Å²) < 4.78 is 5.80. The second-order valence-electron chi connectivity index (χ2n) is 5.04. The van der Waals surface area contributed by atoms with Crippen molar-refractivity contribution in [2.24, 2.45) is 11.8 Å².